The highest BCUT2D eigenvalue weighted by Crippen LogP contribution is 2.38. The molecule has 1 heterocycles. The average Bonchev–Trinajstić information content (AvgIpc) is 2.81. The summed E-state index contributed by atoms with van der Waals surface area (Å²) in [7, 11) is -3.14. The van der Waals surface area contributed by atoms with Crippen LogP contribution in [0, 0.1) is 0 Å². The van der Waals surface area contributed by atoms with Gasteiger partial charge in [0.25, 0.3) is 0 Å². The molecule has 1 aromatic carbocycles. The van der Waals surface area contributed by atoms with E-state index in [1.165, 1.54) is 6.26 Å². The summed E-state index contributed by atoms with van der Waals surface area (Å²) >= 11 is 3.50. The summed E-state index contributed by atoms with van der Waals surface area (Å²) in [5.74, 6) is 0.842. The Morgan fingerprint density at radius 2 is 2.15 bits per heavy atom. The molecule has 0 bridgehead atoms. The van der Waals surface area contributed by atoms with Gasteiger partial charge in [-0.05, 0) is 31.2 Å². The predicted octanol–water partition coefficient (Wildman–Crippen LogP) is 2.47. The van der Waals surface area contributed by atoms with Crippen molar-refractivity contribution < 1.29 is 13.2 Å². The van der Waals surface area contributed by atoms with Gasteiger partial charge in [0.05, 0.1) is 17.9 Å². The second-order valence-electron chi connectivity index (χ2n) is 5.15. The third-order valence-electron chi connectivity index (χ3n) is 3.68. The van der Waals surface area contributed by atoms with Crippen LogP contribution in [0.2, 0.25) is 0 Å². The van der Waals surface area contributed by atoms with Gasteiger partial charge in [0.2, 0.25) is 0 Å². The van der Waals surface area contributed by atoms with Crippen molar-refractivity contribution in [1.29, 1.82) is 0 Å². The number of hydrogen-bond donors (Lipinski definition) is 1. The molecule has 6 heteroatoms. The molecule has 1 aliphatic heterocycles. The Labute approximate surface area is 129 Å². The monoisotopic (exact) mass is 361 g/mol. The minimum absolute atomic E-state index is 0.264. The second-order valence-corrected chi connectivity index (χ2v) is 8.47. The van der Waals surface area contributed by atoms with Crippen molar-refractivity contribution in [3.05, 3.63) is 27.7 Å². The zero-order valence-electron chi connectivity index (χ0n) is 11.9. The molecular weight excluding hydrogens is 342 g/mol. The second kappa shape index (κ2) is 6.03. The third-order valence-corrected chi connectivity index (χ3v) is 5.76. The fourth-order valence-electron chi connectivity index (χ4n) is 2.52. The maximum absolute atomic E-state index is 11.9. The minimum atomic E-state index is -3.14. The molecule has 0 amide bonds. The number of nitrogens with one attached hydrogen (secondary N) is 1. The van der Waals surface area contributed by atoms with E-state index < -0.39 is 15.1 Å². The third kappa shape index (κ3) is 3.18. The van der Waals surface area contributed by atoms with Gasteiger partial charge in [-0.1, -0.05) is 22.9 Å². The normalized spacial score (nSPS) is 17.4. The van der Waals surface area contributed by atoms with Crippen molar-refractivity contribution in [1.82, 2.24) is 5.32 Å². The maximum Gasteiger partial charge on any atom is 0.151 e. The van der Waals surface area contributed by atoms with Gasteiger partial charge in [0.1, 0.15) is 5.75 Å². The van der Waals surface area contributed by atoms with E-state index in [9.17, 15) is 8.42 Å². The summed E-state index contributed by atoms with van der Waals surface area (Å²) < 4.78 is 30.5. The Bertz CT molecular complexity index is 601. The SMILES string of the molecule is CCNC(c1cc(Br)cc2c1OCC2)C(C)S(C)(=O)=O. The van der Waals surface area contributed by atoms with Crippen molar-refractivity contribution in [2.75, 3.05) is 19.4 Å². The van der Waals surface area contributed by atoms with Crippen LogP contribution in [0.4, 0.5) is 0 Å². The van der Waals surface area contributed by atoms with Crippen LogP contribution in [0.15, 0.2) is 16.6 Å². The standard InChI is InChI=1S/C14H20BrNO3S/c1-4-16-13(9(2)20(3,17)18)12-8-11(15)7-10-5-6-19-14(10)12/h7-9,13,16H,4-6H2,1-3H3. The molecule has 4 nitrogen and oxygen atoms in total. The van der Waals surface area contributed by atoms with Gasteiger partial charge in [-0.25, -0.2) is 8.42 Å². The summed E-state index contributed by atoms with van der Waals surface area (Å²) in [6, 6.07) is 3.73. The van der Waals surface area contributed by atoms with E-state index >= 15 is 0 Å². The highest BCUT2D eigenvalue weighted by Gasteiger charge is 2.31. The predicted molar refractivity (Wildman–Crippen MR) is 84.1 cm³/mol. The smallest absolute Gasteiger partial charge is 0.151 e. The Balaban J connectivity index is 2.50. The molecule has 2 unspecified atom stereocenters. The Morgan fingerprint density at radius 1 is 1.45 bits per heavy atom. The van der Waals surface area contributed by atoms with Gasteiger partial charge in [0.15, 0.2) is 9.84 Å². The summed E-state index contributed by atoms with van der Waals surface area (Å²) in [6.45, 7) is 5.07. The first-order valence-electron chi connectivity index (χ1n) is 6.72. The number of fused-ring (bicyclic) bond motifs is 1. The minimum Gasteiger partial charge on any atom is -0.493 e. The van der Waals surface area contributed by atoms with E-state index in [0.29, 0.717) is 13.2 Å². The number of ether oxygens (including phenoxy) is 1. The van der Waals surface area contributed by atoms with Crippen LogP contribution in [0.1, 0.15) is 31.0 Å². The lowest BCUT2D eigenvalue weighted by Gasteiger charge is -2.25. The molecule has 1 aliphatic rings. The largest absolute Gasteiger partial charge is 0.493 e. The number of benzene rings is 1. The van der Waals surface area contributed by atoms with Crippen molar-refractivity contribution in [2.24, 2.45) is 0 Å². The van der Waals surface area contributed by atoms with Gasteiger partial charge < -0.3 is 10.1 Å². The fourth-order valence-corrected chi connectivity index (χ4v) is 3.79. The Hall–Kier alpha value is -0.590. The molecule has 0 saturated carbocycles. The molecule has 0 fully saturated rings. The number of hydrogen-bond acceptors (Lipinski definition) is 4. The van der Waals surface area contributed by atoms with E-state index in [4.69, 9.17) is 4.74 Å². The molecule has 20 heavy (non-hydrogen) atoms. The first-order chi connectivity index (χ1) is 9.34. The molecule has 0 aliphatic carbocycles. The van der Waals surface area contributed by atoms with Gasteiger partial charge in [-0.15, -0.1) is 0 Å². The van der Waals surface area contributed by atoms with E-state index in [1.807, 2.05) is 19.1 Å². The van der Waals surface area contributed by atoms with E-state index in [0.717, 1.165) is 27.8 Å². The van der Waals surface area contributed by atoms with Gasteiger partial charge in [-0.2, -0.15) is 0 Å². The van der Waals surface area contributed by atoms with Crippen molar-refractivity contribution >= 4 is 25.8 Å². The van der Waals surface area contributed by atoms with Crippen molar-refractivity contribution in [3.63, 3.8) is 0 Å². The highest BCUT2D eigenvalue weighted by molar-refractivity contribution is 9.10. The van der Waals surface area contributed by atoms with E-state index in [1.54, 1.807) is 6.92 Å². The molecule has 0 radical (unpaired) electrons. The van der Waals surface area contributed by atoms with Gasteiger partial charge in [-0.3, -0.25) is 0 Å². The molecule has 2 atom stereocenters. The molecule has 1 N–H and O–H groups in total. The molecule has 112 valence electrons. The average molecular weight is 362 g/mol. The van der Waals surface area contributed by atoms with Crippen LogP contribution in [-0.2, 0) is 16.3 Å². The molecule has 0 spiro atoms. The molecular formula is C14H20BrNO3S. The van der Waals surface area contributed by atoms with Gasteiger partial charge >= 0.3 is 0 Å². The lowest BCUT2D eigenvalue weighted by atomic mass is 9.99. The topological polar surface area (TPSA) is 55.4 Å². The zero-order chi connectivity index (χ0) is 14.9. The van der Waals surface area contributed by atoms with Crippen molar-refractivity contribution in [2.45, 2.75) is 31.6 Å². The summed E-state index contributed by atoms with van der Waals surface area (Å²) in [4.78, 5) is 0. The maximum atomic E-state index is 11.9. The lowest BCUT2D eigenvalue weighted by molar-refractivity contribution is 0.347. The lowest BCUT2D eigenvalue weighted by Crippen LogP contribution is -2.35. The number of sulfone groups is 1. The molecule has 0 saturated heterocycles. The Kier molecular flexibility index (Phi) is 4.76. The fraction of sp³-hybridized carbons (Fsp3) is 0.571. The molecule has 2 rings (SSSR count). The highest BCUT2D eigenvalue weighted by atomic mass is 79.9. The summed E-state index contributed by atoms with van der Waals surface area (Å²) in [6.07, 6.45) is 2.15. The Morgan fingerprint density at radius 3 is 2.75 bits per heavy atom. The quantitative estimate of drug-likeness (QED) is 0.874. The summed E-state index contributed by atoms with van der Waals surface area (Å²) in [5.41, 5.74) is 2.06. The van der Waals surface area contributed by atoms with E-state index in [2.05, 4.69) is 21.2 Å². The van der Waals surface area contributed by atoms with Crippen LogP contribution in [-0.4, -0.2) is 33.1 Å². The molecule has 1 aromatic rings. The molecule has 0 aromatic heterocycles. The zero-order valence-corrected chi connectivity index (χ0v) is 14.3. The van der Waals surface area contributed by atoms with Crippen LogP contribution in [0.3, 0.4) is 0 Å². The first-order valence-corrected chi connectivity index (χ1v) is 9.46. The number of rotatable bonds is 5. The van der Waals surface area contributed by atoms with Crippen molar-refractivity contribution in [3.8, 4) is 5.75 Å². The van der Waals surface area contributed by atoms with E-state index in [-0.39, 0.29) is 6.04 Å². The van der Waals surface area contributed by atoms with Gasteiger partial charge in [0, 0.05) is 22.7 Å². The number of halogens is 1. The first kappa shape index (κ1) is 15.8. The van der Waals surface area contributed by atoms with Crippen LogP contribution in [0.25, 0.3) is 0 Å². The van der Waals surface area contributed by atoms with Crippen LogP contribution >= 0.6 is 15.9 Å². The summed E-state index contributed by atoms with van der Waals surface area (Å²) in [5, 5.41) is 2.77. The van der Waals surface area contributed by atoms with Crippen LogP contribution < -0.4 is 10.1 Å². The van der Waals surface area contributed by atoms with Crippen LogP contribution in [0.5, 0.6) is 5.75 Å².